The SMILES string of the molecule is C[C@@H]1CN(S(=O)(=O)c2cccc(C(=O)Nc3nccs3)c2)C[C@@H](C)O1. The van der Waals surface area contributed by atoms with Crippen LogP contribution in [0.15, 0.2) is 40.7 Å². The summed E-state index contributed by atoms with van der Waals surface area (Å²) in [5.74, 6) is -0.393. The van der Waals surface area contributed by atoms with Crippen molar-refractivity contribution in [2.45, 2.75) is 31.0 Å². The van der Waals surface area contributed by atoms with Gasteiger partial charge in [-0.15, -0.1) is 11.3 Å². The van der Waals surface area contributed by atoms with Crippen LogP contribution in [0.1, 0.15) is 24.2 Å². The Bertz CT molecular complexity index is 842. The number of carbonyl (C=O) groups is 1. The van der Waals surface area contributed by atoms with Crippen molar-refractivity contribution in [3.63, 3.8) is 0 Å². The topological polar surface area (TPSA) is 88.6 Å². The molecule has 1 aliphatic rings. The first kappa shape index (κ1) is 18.0. The van der Waals surface area contributed by atoms with E-state index in [2.05, 4.69) is 10.3 Å². The summed E-state index contributed by atoms with van der Waals surface area (Å²) in [4.78, 5) is 16.4. The molecule has 3 rings (SSSR count). The first-order valence-electron chi connectivity index (χ1n) is 7.83. The maximum atomic E-state index is 12.9. The van der Waals surface area contributed by atoms with Crippen molar-refractivity contribution in [3.8, 4) is 0 Å². The fraction of sp³-hybridized carbons (Fsp3) is 0.375. The van der Waals surface area contributed by atoms with E-state index in [9.17, 15) is 13.2 Å². The van der Waals surface area contributed by atoms with Gasteiger partial charge in [-0.2, -0.15) is 4.31 Å². The van der Waals surface area contributed by atoms with Gasteiger partial charge in [0.25, 0.3) is 5.91 Å². The zero-order valence-electron chi connectivity index (χ0n) is 13.9. The van der Waals surface area contributed by atoms with E-state index < -0.39 is 15.9 Å². The van der Waals surface area contributed by atoms with Gasteiger partial charge in [0, 0.05) is 30.2 Å². The van der Waals surface area contributed by atoms with E-state index in [0.29, 0.717) is 18.2 Å². The molecule has 2 atom stereocenters. The molecule has 134 valence electrons. The minimum absolute atomic E-state index is 0.0978. The second-order valence-electron chi connectivity index (χ2n) is 5.90. The smallest absolute Gasteiger partial charge is 0.257 e. The summed E-state index contributed by atoms with van der Waals surface area (Å²) in [5.41, 5.74) is 0.269. The van der Waals surface area contributed by atoms with Crippen LogP contribution < -0.4 is 5.32 Å². The lowest BCUT2D eigenvalue weighted by Gasteiger charge is -2.34. The van der Waals surface area contributed by atoms with E-state index in [0.717, 1.165) is 0 Å². The van der Waals surface area contributed by atoms with Crippen molar-refractivity contribution in [2.24, 2.45) is 0 Å². The summed E-state index contributed by atoms with van der Waals surface area (Å²) in [7, 11) is -3.69. The van der Waals surface area contributed by atoms with Gasteiger partial charge in [0.15, 0.2) is 5.13 Å². The van der Waals surface area contributed by atoms with Crippen LogP contribution in [0, 0.1) is 0 Å². The molecule has 1 amide bonds. The van der Waals surface area contributed by atoms with Gasteiger partial charge in [-0.3, -0.25) is 10.1 Å². The van der Waals surface area contributed by atoms with Crippen LogP contribution in [0.25, 0.3) is 0 Å². The number of nitrogens with zero attached hydrogens (tertiary/aromatic N) is 2. The van der Waals surface area contributed by atoms with Crippen LogP contribution in [-0.4, -0.2) is 48.9 Å². The number of benzene rings is 1. The molecule has 25 heavy (non-hydrogen) atoms. The predicted molar refractivity (Wildman–Crippen MR) is 95.3 cm³/mol. The molecule has 1 N–H and O–H groups in total. The molecule has 1 aromatic carbocycles. The van der Waals surface area contributed by atoms with Gasteiger partial charge in [0.05, 0.1) is 17.1 Å². The van der Waals surface area contributed by atoms with Crippen molar-refractivity contribution < 1.29 is 17.9 Å². The Morgan fingerprint density at radius 1 is 1.32 bits per heavy atom. The van der Waals surface area contributed by atoms with Gasteiger partial charge in [0.1, 0.15) is 0 Å². The number of thiazole rings is 1. The highest BCUT2D eigenvalue weighted by molar-refractivity contribution is 7.89. The highest BCUT2D eigenvalue weighted by Gasteiger charge is 2.32. The molecular formula is C16H19N3O4S2. The summed E-state index contributed by atoms with van der Waals surface area (Å²) in [6.45, 7) is 4.27. The summed E-state index contributed by atoms with van der Waals surface area (Å²) < 4.78 is 32.8. The quantitative estimate of drug-likeness (QED) is 0.877. The van der Waals surface area contributed by atoms with Crippen LogP contribution in [0.2, 0.25) is 0 Å². The molecule has 1 fully saturated rings. The Kier molecular flexibility index (Phi) is 5.19. The normalized spacial score (nSPS) is 21.8. The standard InChI is InChI=1S/C16H19N3O4S2/c1-11-9-19(10-12(2)23-11)25(21,22)14-5-3-4-13(8-14)15(20)18-16-17-6-7-24-16/h3-8,11-12H,9-10H2,1-2H3,(H,17,18,20)/t11-,12-/m1/s1. The molecule has 1 saturated heterocycles. The van der Waals surface area contributed by atoms with E-state index in [-0.39, 0.29) is 22.7 Å². The van der Waals surface area contributed by atoms with Crippen molar-refractivity contribution >= 4 is 32.4 Å². The molecule has 9 heteroatoms. The van der Waals surface area contributed by atoms with Crippen LogP contribution in [0.4, 0.5) is 5.13 Å². The maximum Gasteiger partial charge on any atom is 0.257 e. The number of sulfonamides is 1. The molecule has 0 bridgehead atoms. The van der Waals surface area contributed by atoms with Gasteiger partial charge in [-0.25, -0.2) is 13.4 Å². The molecule has 1 aliphatic heterocycles. The number of hydrogen-bond acceptors (Lipinski definition) is 6. The Balaban J connectivity index is 1.83. The van der Waals surface area contributed by atoms with E-state index in [1.807, 2.05) is 13.8 Å². The number of amides is 1. The lowest BCUT2D eigenvalue weighted by Crippen LogP contribution is -2.48. The third-order valence-corrected chi connectivity index (χ3v) is 6.29. The summed E-state index contributed by atoms with van der Waals surface area (Å²) in [6.07, 6.45) is 1.24. The first-order chi connectivity index (χ1) is 11.9. The van der Waals surface area contributed by atoms with Crippen molar-refractivity contribution in [3.05, 3.63) is 41.4 Å². The van der Waals surface area contributed by atoms with Gasteiger partial charge >= 0.3 is 0 Å². The highest BCUT2D eigenvalue weighted by atomic mass is 32.2. The molecule has 0 unspecified atom stereocenters. The number of hydrogen-bond donors (Lipinski definition) is 1. The average molecular weight is 381 g/mol. The predicted octanol–water partition coefficient (Wildman–Crippen LogP) is 2.19. The lowest BCUT2D eigenvalue weighted by molar-refractivity contribution is -0.0440. The minimum Gasteiger partial charge on any atom is -0.373 e. The van der Waals surface area contributed by atoms with Crippen LogP contribution in [0.3, 0.4) is 0 Å². The fourth-order valence-corrected chi connectivity index (χ4v) is 4.89. The fourth-order valence-electron chi connectivity index (χ4n) is 2.73. The second kappa shape index (κ2) is 7.20. The molecule has 0 spiro atoms. The van der Waals surface area contributed by atoms with E-state index in [4.69, 9.17) is 4.74 Å². The Labute approximate surface area is 150 Å². The van der Waals surface area contributed by atoms with Crippen molar-refractivity contribution in [1.29, 1.82) is 0 Å². The van der Waals surface area contributed by atoms with Crippen molar-refractivity contribution in [1.82, 2.24) is 9.29 Å². The van der Waals surface area contributed by atoms with E-state index in [1.165, 1.54) is 27.8 Å². The number of carbonyl (C=O) groups excluding carboxylic acids is 1. The third-order valence-electron chi connectivity index (χ3n) is 3.77. The number of anilines is 1. The number of aromatic nitrogens is 1. The maximum absolute atomic E-state index is 12.9. The Morgan fingerprint density at radius 2 is 2.04 bits per heavy atom. The zero-order valence-corrected chi connectivity index (χ0v) is 15.5. The van der Waals surface area contributed by atoms with Gasteiger partial charge in [-0.05, 0) is 32.0 Å². The monoisotopic (exact) mass is 381 g/mol. The lowest BCUT2D eigenvalue weighted by atomic mass is 10.2. The van der Waals surface area contributed by atoms with E-state index in [1.54, 1.807) is 23.7 Å². The Morgan fingerprint density at radius 3 is 2.68 bits per heavy atom. The van der Waals surface area contributed by atoms with Gasteiger partial charge in [-0.1, -0.05) is 6.07 Å². The van der Waals surface area contributed by atoms with Crippen LogP contribution in [-0.2, 0) is 14.8 Å². The zero-order chi connectivity index (χ0) is 18.0. The molecule has 2 heterocycles. The largest absolute Gasteiger partial charge is 0.373 e. The summed E-state index contributed by atoms with van der Waals surface area (Å²) >= 11 is 1.30. The number of nitrogens with one attached hydrogen (secondary N) is 1. The molecule has 7 nitrogen and oxygen atoms in total. The third kappa shape index (κ3) is 4.06. The number of morpholine rings is 1. The molecule has 1 aromatic heterocycles. The number of rotatable bonds is 4. The van der Waals surface area contributed by atoms with E-state index >= 15 is 0 Å². The van der Waals surface area contributed by atoms with Crippen molar-refractivity contribution in [2.75, 3.05) is 18.4 Å². The average Bonchev–Trinajstić information content (AvgIpc) is 3.07. The summed E-state index contributed by atoms with van der Waals surface area (Å²) in [6, 6.07) is 6.03. The Hall–Kier alpha value is -1.81. The molecule has 0 saturated carbocycles. The highest BCUT2D eigenvalue weighted by Crippen LogP contribution is 2.22. The minimum atomic E-state index is -3.69. The number of ether oxygens (including phenoxy) is 1. The second-order valence-corrected chi connectivity index (χ2v) is 8.73. The summed E-state index contributed by atoms with van der Waals surface area (Å²) in [5, 5.41) is 4.86. The molecule has 2 aromatic rings. The molecule has 0 radical (unpaired) electrons. The van der Waals surface area contributed by atoms with Crippen LogP contribution in [0.5, 0.6) is 0 Å². The molecular weight excluding hydrogens is 362 g/mol. The van der Waals surface area contributed by atoms with Gasteiger partial charge in [0.2, 0.25) is 10.0 Å². The molecule has 0 aliphatic carbocycles. The van der Waals surface area contributed by atoms with Crippen LogP contribution >= 0.6 is 11.3 Å². The first-order valence-corrected chi connectivity index (χ1v) is 10.1. The van der Waals surface area contributed by atoms with Gasteiger partial charge < -0.3 is 4.74 Å².